The standard InChI is InChI=1S/C52H32N2OS/c1-2-12-33(13-3-1)39-20-10-14-34-24-29-46-52(51(34)39)44-19-4-7-21-45(44)54(46)36-16-11-15-35(30-36)53(37-25-27-41-40-17-5-8-22-47(40)55-48(41)31-37)38-26-28-43-42-18-6-9-23-49(42)56-50(43)32-38/h1-32H/i1D,2D,3D,4D,7D,12D,13D,21D. The van der Waals surface area contributed by atoms with Crippen LogP contribution < -0.4 is 4.90 Å². The van der Waals surface area contributed by atoms with Gasteiger partial charge >= 0.3 is 0 Å². The maximum absolute atomic E-state index is 9.40. The molecule has 0 N–H and O–H groups in total. The van der Waals surface area contributed by atoms with E-state index in [2.05, 4.69) is 77.7 Å². The average molecular weight is 741 g/mol. The fourth-order valence-corrected chi connectivity index (χ4v) is 9.58. The second-order valence-electron chi connectivity index (χ2n) is 13.9. The van der Waals surface area contributed by atoms with Gasteiger partial charge in [0.2, 0.25) is 0 Å². The van der Waals surface area contributed by atoms with Crippen molar-refractivity contribution < 1.29 is 15.4 Å². The van der Waals surface area contributed by atoms with Crippen molar-refractivity contribution in [3.63, 3.8) is 0 Å². The molecule has 12 rings (SSSR count). The van der Waals surface area contributed by atoms with Crippen LogP contribution in [0.15, 0.2) is 198 Å². The molecule has 4 heteroatoms. The quantitative estimate of drug-likeness (QED) is 0.175. The van der Waals surface area contributed by atoms with Gasteiger partial charge in [0.25, 0.3) is 0 Å². The molecule has 56 heavy (non-hydrogen) atoms. The summed E-state index contributed by atoms with van der Waals surface area (Å²) in [6, 6.07) is 45.7. The minimum absolute atomic E-state index is 0.0639. The minimum Gasteiger partial charge on any atom is -0.456 e. The average Bonchev–Trinajstić information content (AvgIpc) is 3.99. The molecule has 3 heterocycles. The third-order valence-electron chi connectivity index (χ3n) is 10.8. The van der Waals surface area contributed by atoms with E-state index in [1.165, 1.54) is 15.5 Å². The second-order valence-corrected chi connectivity index (χ2v) is 15.0. The van der Waals surface area contributed by atoms with E-state index < -0.39 is 18.1 Å². The molecule has 0 aliphatic heterocycles. The van der Waals surface area contributed by atoms with Gasteiger partial charge in [-0.25, -0.2) is 0 Å². The number of thiophene rings is 1. The van der Waals surface area contributed by atoms with Gasteiger partial charge in [0, 0.05) is 70.5 Å². The van der Waals surface area contributed by atoms with Crippen LogP contribution in [0.1, 0.15) is 11.0 Å². The molecule has 0 fully saturated rings. The summed E-state index contributed by atoms with van der Waals surface area (Å²) in [6.07, 6.45) is 0. The van der Waals surface area contributed by atoms with Crippen molar-refractivity contribution in [2.24, 2.45) is 0 Å². The number of furan rings is 1. The highest BCUT2D eigenvalue weighted by Gasteiger charge is 2.21. The van der Waals surface area contributed by atoms with Crippen LogP contribution >= 0.6 is 11.3 Å². The number of benzene rings is 9. The molecular formula is C52H32N2OS. The highest BCUT2D eigenvalue weighted by Crippen LogP contribution is 2.45. The van der Waals surface area contributed by atoms with Gasteiger partial charge in [-0.15, -0.1) is 11.3 Å². The number of rotatable bonds is 5. The molecular weight excluding hydrogens is 701 g/mol. The Balaban J connectivity index is 1.13. The number of hydrogen-bond donors (Lipinski definition) is 0. The predicted molar refractivity (Wildman–Crippen MR) is 239 cm³/mol. The summed E-state index contributed by atoms with van der Waals surface area (Å²) in [4.78, 5) is 2.19. The number of anilines is 3. The number of fused-ring (bicyclic) bond motifs is 11. The van der Waals surface area contributed by atoms with E-state index in [1.54, 1.807) is 29.5 Å². The summed E-state index contributed by atoms with van der Waals surface area (Å²) < 4.78 is 80.9. The summed E-state index contributed by atoms with van der Waals surface area (Å²) in [5, 5.41) is 6.98. The van der Waals surface area contributed by atoms with Crippen molar-refractivity contribution in [2.45, 2.75) is 0 Å². The van der Waals surface area contributed by atoms with Crippen LogP contribution in [0.4, 0.5) is 17.1 Å². The molecule has 3 aromatic heterocycles. The molecule has 0 saturated heterocycles. The van der Waals surface area contributed by atoms with Gasteiger partial charge in [0.15, 0.2) is 0 Å². The Morgan fingerprint density at radius 2 is 1.23 bits per heavy atom. The Labute approximate surface area is 337 Å². The van der Waals surface area contributed by atoms with Crippen LogP contribution in [0, 0.1) is 0 Å². The zero-order valence-corrected chi connectivity index (χ0v) is 30.4. The van der Waals surface area contributed by atoms with E-state index in [-0.39, 0.29) is 35.8 Å². The zero-order chi connectivity index (χ0) is 43.7. The Morgan fingerprint density at radius 1 is 0.482 bits per heavy atom. The molecule has 0 amide bonds. The number of para-hydroxylation sites is 2. The van der Waals surface area contributed by atoms with Crippen molar-refractivity contribution in [2.75, 3.05) is 4.90 Å². The van der Waals surface area contributed by atoms with Crippen molar-refractivity contribution in [3.8, 4) is 16.8 Å². The summed E-state index contributed by atoms with van der Waals surface area (Å²) in [7, 11) is 0. The van der Waals surface area contributed by atoms with Crippen LogP contribution in [0.25, 0.3) is 91.5 Å². The number of nitrogens with zero attached hydrogens (tertiary/aromatic N) is 2. The van der Waals surface area contributed by atoms with Crippen LogP contribution in [-0.2, 0) is 0 Å². The first-order valence-electron chi connectivity index (χ1n) is 22.3. The first-order valence-corrected chi connectivity index (χ1v) is 19.2. The molecule has 0 aliphatic carbocycles. The monoisotopic (exact) mass is 740 g/mol. The Hall–Kier alpha value is -7.14. The minimum atomic E-state index is -0.475. The van der Waals surface area contributed by atoms with E-state index in [0.717, 1.165) is 49.1 Å². The molecule has 9 aromatic carbocycles. The van der Waals surface area contributed by atoms with E-state index in [1.807, 2.05) is 59.2 Å². The highest BCUT2D eigenvalue weighted by atomic mass is 32.1. The Morgan fingerprint density at radius 3 is 2.16 bits per heavy atom. The van der Waals surface area contributed by atoms with E-state index in [4.69, 9.17) is 14.0 Å². The number of hydrogen-bond acceptors (Lipinski definition) is 3. The molecule has 0 aliphatic rings. The molecule has 0 bridgehead atoms. The lowest BCUT2D eigenvalue weighted by atomic mass is 9.94. The van der Waals surface area contributed by atoms with Gasteiger partial charge in [0.05, 0.1) is 22.0 Å². The van der Waals surface area contributed by atoms with Crippen molar-refractivity contribution in [1.29, 1.82) is 0 Å². The third kappa shape index (κ3) is 4.70. The zero-order valence-electron chi connectivity index (χ0n) is 37.6. The molecule has 3 nitrogen and oxygen atoms in total. The van der Waals surface area contributed by atoms with Crippen LogP contribution in [-0.4, -0.2) is 4.57 Å². The van der Waals surface area contributed by atoms with Crippen molar-refractivity contribution in [1.82, 2.24) is 4.57 Å². The smallest absolute Gasteiger partial charge is 0.137 e. The van der Waals surface area contributed by atoms with Gasteiger partial charge in [-0.1, -0.05) is 121 Å². The van der Waals surface area contributed by atoms with Crippen molar-refractivity contribution in [3.05, 3.63) is 194 Å². The number of aromatic nitrogens is 1. The molecule has 12 aromatic rings. The fraction of sp³-hybridized carbons (Fsp3) is 0. The maximum Gasteiger partial charge on any atom is 0.137 e. The molecule has 0 spiro atoms. The third-order valence-corrected chi connectivity index (χ3v) is 12.0. The van der Waals surface area contributed by atoms with Crippen LogP contribution in [0.5, 0.6) is 0 Å². The molecule has 0 radical (unpaired) electrons. The van der Waals surface area contributed by atoms with Gasteiger partial charge in [-0.3, -0.25) is 0 Å². The molecule has 0 unspecified atom stereocenters. The second kappa shape index (κ2) is 12.2. The van der Waals surface area contributed by atoms with Gasteiger partial charge in [-0.05, 0) is 88.6 Å². The molecule has 262 valence electrons. The lowest BCUT2D eigenvalue weighted by molar-refractivity contribution is 0.669. The van der Waals surface area contributed by atoms with Crippen LogP contribution in [0.3, 0.4) is 0 Å². The summed E-state index contributed by atoms with van der Waals surface area (Å²) in [5.41, 5.74) is 6.45. The van der Waals surface area contributed by atoms with E-state index in [9.17, 15) is 1.37 Å². The summed E-state index contributed by atoms with van der Waals surface area (Å²) in [6.45, 7) is 0. The highest BCUT2D eigenvalue weighted by molar-refractivity contribution is 7.25. The fourth-order valence-electron chi connectivity index (χ4n) is 8.44. The SMILES string of the molecule is [2H]c1cc2c3c4c(-c5c([2H])c([2H])c([2H])c([2H])c5[2H])cccc4ccc3n(-c3cccc(N(c4ccc5c(c4)oc4ccccc45)c4ccc5c(c4)sc4ccccc45)c3)c2c([2H])c1[2H]. The normalized spacial score (nSPS) is 13.9. The first kappa shape index (κ1) is 24.3. The maximum atomic E-state index is 9.40. The Kier molecular flexibility index (Phi) is 5.29. The van der Waals surface area contributed by atoms with E-state index >= 15 is 0 Å². The van der Waals surface area contributed by atoms with Crippen molar-refractivity contribution >= 4 is 103 Å². The lowest BCUT2D eigenvalue weighted by Crippen LogP contribution is -2.10. The predicted octanol–water partition coefficient (Wildman–Crippen LogP) is 15.3. The lowest BCUT2D eigenvalue weighted by Gasteiger charge is -2.26. The molecule has 0 atom stereocenters. The molecule has 0 saturated carbocycles. The van der Waals surface area contributed by atoms with Gasteiger partial charge < -0.3 is 13.9 Å². The van der Waals surface area contributed by atoms with Gasteiger partial charge in [0.1, 0.15) is 11.2 Å². The van der Waals surface area contributed by atoms with Crippen LogP contribution in [0.2, 0.25) is 0 Å². The van der Waals surface area contributed by atoms with E-state index in [0.29, 0.717) is 38.4 Å². The first-order chi connectivity index (χ1) is 31.1. The van der Waals surface area contributed by atoms with Gasteiger partial charge in [-0.2, -0.15) is 0 Å². The largest absolute Gasteiger partial charge is 0.456 e. The Bertz CT molecular complexity index is 3840. The summed E-state index contributed by atoms with van der Waals surface area (Å²) >= 11 is 1.74. The topological polar surface area (TPSA) is 21.3 Å². The summed E-state index contributed by atoms with van der Waals surface area (Å²) in [5.74, 6) is 0.